The van der Waals surface area contributed by atoms with Gasteiger partial charge in [0.05, 0.1) is 67.2 Å². The molecule has 5 aromatic rings. The molecule has 22 nitrogen and oxygen atoms in total. The van der Waals surface area contributed by atoms with E-state index in [2.05, 4.69) is 167 Å². The van der Waals surface area contributed by atoms with Crippen molar-refractivity contribution < 1.29 is 115 Å². The molecule has 1 atom stereocenters. The molecule has 4 aliphatic heterocycles. The zero-order valence-electron chi connectivity index (χ0n) is 61.8. The van der Waals surface area contributed by atoms with E-state index in [1.165, 1.54) is 59.4 Å². The van der Waals surface area contributed by atoms with E-state index < -0.39 is 28.1 Å². The fraction of sp³-hybridized carbons (Fsp3) is 0.467. The Labute approximate surface area is 701 Å². The first-order valence-electron chi connectivity index (χ1n) is 32.2. The number of rotatable bonds is 17. The number of benzene rings is 5. The third-order valence-electron chi connectivity index (χ3n) is 16.3. The van der Waals surface area contributed by atoms with E-state index in [0.717, 1.165) is 136 Å². The minimum absolute atomic E-state index is 0. The van der Waals surface area contributed by atoms with E-state index in [4.69, 9.17) is 18.9 Å². The number of nitrogens with zero attached hydrogens (tertiary/aromatic N) is 4. The number of methoxy groups -OCH3 is 4. The molecule has 4 saturated heterocycles. The van der Waals surface area contributed by atoms with Crippen LogP contribution in [0.5, 0.6) is 0 Å². The van der Waals surface area contributed by atoms with E-state index in [0.29, 0.717) is 33.6 Å². The first-order valence-corrected chi connectivity index (χ1v) is 42.4. The van der Waals surface area contributed by atoms with Crippen molar-refractivity contribution in [1.82, 2.24) is 19.6 Å². The zero-order valence-corrected chi connectivity index (χ0v) is 75.1. The van der Waals surface area contributed by atoms with Crippen LogP contribution in [0.4, 0.5) is 0 Å². The second kappa shape index (κ2) is 59.5. The first-order chi connectivity index (χ1) is 48.7. The van der Waals surface area contributed by atoms with Crippen molar-refractivity contribution in [3.63, 3.8) is 0 Å². The van der Waals surface area contributed by atoms with Crippen LogP contribution in [-0.4, -0.2) is 215 Å². The Morgan fingerprint density at radius 3 is 1.17 bits per heavy atom. The molecule has 0 aromatic heterocycles. The predicted molar refractivity (Wildman–Crippen MR) is 443 cm³/mol. The minimum Gasteiger partial charge on any atom is -0.870 e. The number of carboxylic acids is 1. The zero-order chi connectivity index (χ0) is 76.4. The second-order valence-electron chi connectivity index (χ2n) is 23.4. The maximum atomic E-state index is 11.9. The summed E-state index contributed by atoms with van der Waals surface area (Å²) in [6.07, 6.45) is 10.5. The van der Waals surface area contributed by atoms with Crippen molar-refractivity contribution in [2.45, 2.75) is 86.9 Å². The Kier molecular flexibility index (Phi) is 60.0. The van der Waals surface area contributed by atoms with Crippen LogP contribution in [0.1, 0.15) is 151 Å². The van der Waals surface area contributed by atoms with Gasteiger partial charge in [-0.3, -0.25) is 9.36 Å². The predicted octanol–water partition coefficient (Wildman–Crippen LogP) is 15.6. The van der Waals surface area contributed by atoms with E-state index >= 15 is 0 Å². The fourth-order valence-corrected chi connectivity index (χ4v) is 13.8. The molecule has 9 rings (SSSR count). The summed E-state index contributed by atoms with van der Waals surface area (Å²) in [5.41, 5.74) is 10.7. The standard InChI is InChI=1S/C15H19Br2NO2.C15H19NO2.C14H16BrNO2.C11H15O5P.C9H9BrO2.C6H11NO.C3H9O3P.2CH4.Br2.Na.H2O/c1-18-9-7-15(17,8-10-18)13(16)11-3-5-12(6-4-11)14(19)20-2;1-16-9-7-13(8-10-16)11-12-3-5-14(6-4-12)15(17)18-2;1-16-8-6-11(7-9-16)13(15)10-2-4-12(5-3-10)14(17)18;1-14-11(12)10-6-4-9(5-7-10)8-17(13,15-2)16-3;1-12-9(11)8-4-2-7(6-10)3-5-8;1-7-4-2-6(8)3-5-7;1-4-7(5-2)6-3;;;1-2;;/h3-6,13H,7-10H2,1-2H3;3-6,11H,7-10H2,1-2H3;2-5H,6-9H2,1H3,(H,17,18);4-7H,8H2,1-3H3;2-5H,6H2,1H3;2-5H2,1H3;1-3H3;2*1H4;;;1H2/q;;;;;;;;;;+1;/p-1. The Morgan fingerprint density at radius 2 is 0.840 bits per heavy atom. The van der Waals surface area contributed by atoms with Gasteiger partial charge in [-0.25, -0.2) is 24.0 Å². The van der Waals surface area contributed by atoms with Crippen LogP contribution < -0.4 is 29.6 Å². The van der Waals surface area contributed by atoms with Gasteiger partial charge in [0.25, 0.3) is 0 Å². The van der Waals surface area contributed by atoms with Crippen LogP contribution in [0, 0.1) is 0 Å². The molecule has 0 aliphatic carbocycles. The van der Waals surface area contributed by atoms with Gasteiger partial charge in [-0.1, -0.05) is 156 Å². The maximum Gasteiger partial charge on any atom is 1.00 e. The number of ketones is 1. The van der Waals surface area contributed by atoms with Crippen LogP contribution in [0.3, 0.4) is 0 Å². The Bertz CT molecular complexity index is 3390. The summed E-state index contributed by atoms with van der Waals surface area (Å²) in [4.78, 5) is 75.7. The molecule has 4 heterocycles. The van der Waals surface area contributed by atoms with E-state index in [9.17, 15) is 33.3 Å². The quantitative estimate of drug-likeness (QED) is 0.0298. The van der Waals surface area contributed by atoms with Gasteiger partial charge in [0.1, 0.15) is 5.78 Å². The number of halogens is 6. The summed E-state index contributed by atoms with van der Waals surface area (Å²) >= 11 is 20.2. The maximum absolute atomic E-state index is 11.9. The Balaban J connectivity index is -0.00000118. The largest absolute Gasteiger partial charge is 1.00 e. The van der Waals surface area contributed by atoms with Crippen molar-refractivity contribution in [3.05, 3.63) is 188 Å². The SMILES string of the molecule is BrBr.C.C.CN1CCC(=C(Br)c2ccc(C(=O)O)cc2)CC1.CN1CCC(=O)CC1.COC(=O)c1ccc(C(Br)C2(Br)CCN(C)CC2)cc1.COC(=O)c1ccc(C=C2CCN(C)CC2)cc1.COC(=O)c1ccc(CBr)cc1.COC(=O)c1ccc(CP(=O)(OC)OC)cc1.COP(OC)OC.[Na+].[OH-]. The molecule has 0 bridgehead atoms. The topological polar surface area (TPSA) is 266 Å². The number of ether oxygens (including phenoxy) is 4. The van der Waals surface area contributed by atoms with E-state index in [1.54, 1.807) is 69.9 Å². The van der Waals surface area contributed by atoms with Crippen molar-refractivity contribution in [1.29, 1.82) is 0 Å². The Morgan fingerprint density at radius 1 is 0.519 bits per heavy atom. The number of likely N-dealkylation sites (tertiary alicyclic amines) is 4. The summed E-state index contributed by atoms with van der Waals surface area (Å²) in [5.74, 6) is -1.74. The molecule has 4 fully saturated rings. The molecular formula is C75H107Br6N4NaO18P2. The molecular weight excluding hydrogens is 1810 g/mol. The van der Waals surface area contributed by atoms with Crippen LogP contribution in [0.2, 0.25) is 0 Å². The van der Waals surface area contributed by atoms with Crippen LogP contribution >= 0.6 is 108 Å². The summed E-state index contributed by atoms with van der Waals surface area (Å²) < 4.78 is 55.3. The molecule has 588 valence electrons. The number of esters is 4. The minimum atomic E-state index is -3.06. The summed E-state index contributed by atoms with van der Waals surface area (Å²) in [6, 6.07) is 36.1. The monoisotopic (exact) mass is 1910 g/mol. The number of hydrogen-bond acceptors (Lipinski definition) is 21. The molecule has 0 saturated carbocycles. The molecule has 0 spiro atoms. The van der Waals surface area contributed by atoms with Crippen LogP contribution in [0.25, 0.3) is 10.6 Å². The molecule has 31 heteroatoms. The number of aromatic carboxylic acids is 1. The fourth-order valence-electron chi connectivity index (χ4n) is 9.87. The van der Waals surface area contributed by atoms with Gasteiger partial charge in [0, 0.05) is 130 Å². The van der Waals surface area contributed by atoms with Gasteiger partial charge >= 0.3 is 75.6 Å². The van der Waals surface area contributed by atoms with E-state index in [1.807, 2.05) is 79.8 Å². The number of Topliss-reactive ketones (excluding diaryl/α,β-unsaturated/α-hetero) is 1. The molecule has 5 aromatic carbocycles. The number of carbonyl (C=O) groups is 6. The number of carboxylic acid groups (broad SMARTS) is 1. The Hall–Kier alpha value is -3.26. The van der Waals surface area contributed by atoms with Gasteiger partial charge in [0.2, 0.25) is 0 Å². The van der Waals surface area contributed by atoms with Gasteiger partial charge < -0.3 is 71.7 Å². The average Bonchev–Trinajstić information content (AvgIpc) is 0.668. The first kappa shape index (κ1) is 107. The van der Waals surface area contributed by atoms with Crippen molar-refractivity contribution >= 4 is 154 Å². The smallest absolute Gasteiger partial charge is 0.870 e. The summed E-state index contributed by atoms with van der Waals surface area (Å²) in [7, 11) is 17.2. The summed E-state index contributed by atoms with van der Waals surface area (Å²) in [5, 5.41) is 9.66. The van der Waals surface area contributed by atoms with Gasteiger partial charge in [-0.05, 0) is 168 Å². The number of alkyl halides is 3. The normalized spacial score (nSPS) is 14.9. The van der Waals surface area contributed by atoms with Crippen LogP contribution in [-0.2, 0) is 62.4 Å². The van der Waals surface area contributed by atoms with Crippen LogP contribution in [0.15, 0.2) is 132 Å². The molecule has 4 aliphatic rings. The number of piperidine rings is 4. The van der Waals surface area contributed by atoms with Gasteiger partial charge in [0.15, 0.2) is 0 Å². The van der Waals surface area contributed by atoms with Gasteiger partial charge in [-0.2, -0.15) is 0 Å². The van der Waals surface area contributed by atoms with E-state index in [-0.39, 0.29) is 83.1 Å². The molecule has 1 unspecified atom stereocenters. The molecule has 2 N–H and O–H groups in total. The van der Waals surface area contributed by atoms with Gasteiger partial charge in [-0.15, -0.1) is 0 Å². The summed E-state index contributed by atoms with van der Waals surface area (Å²) in [6.45, 7) is 8.52. The average molecular weight is 1920 g/mol. The molecule has 0 radical (unpaired) electrons. The number of hydrogen-bond donors (Lipinski definition) is 1. The third kappa shape index (κ3) is 40.3. The van der Waals surface area contributed by atoms with Crippen molar-refractivity contribution in [3.8, 4) is 0 Å². The third-order valence-corrected chi connectivity index (χ3v) is 24.0. The second-order valence-corrected chi connectivity index (χ2v) is 31.1. The number of carbonyl (C=O) groups excluding carboxylic acids is 5. The van der Waals surface area contributed by atoms with Crippen molar-refractivity contribution in [2.75, 3.05) is 145 Å². The molecule has 0 amide bonds. The van der Waals surface area contributed by atoms with Crippen molar-refractivity contribution in [2.24, 2.45) is 0 Å². The molecule has 106 heavy (non-hydrogen) atoms.